The van der Waals surface area contributed by atoms with Crippen LogP contribution in [0.1, 0.15) is 24.8 Å². The Bertz CT molecular complexity index is 667. The van der Waals surface area contributed by atoms with Crippen LogP contribution in [-0.4, -0.2) is 71.0 Å². The summed E-state index contributed by atoms with van der Waals surface area (Å²) in [6.07, 6.45) is 0.738. The second-order valence-corrected chi connectivity index (χ2v) is 6.70. The van der Waals surface area contributed by atoms with E-state index in [1.165, 1.54) is 0 Å². The molecule has 1 aromatic carbocycles. The Balaban J connectivity index is 2.26. The van der Waals surface area contributed by atoms with Crippen molar-refractivity contribution >= 4 is 11.9 Å². The van der Waals surface area contributed by atoms with Crippen LogP contribution in [0.2, 0.25) is 0 Å². The number of nitrogens with one attached hydrogen (secondary N) is 2. The van der Waals surface area contributed by atoms with Crippen molar-refractivity contribution in [3.63, 3.8) is 0 Å². The average Bonchev–Trinajstić information content (AvgIpc) is 3.16. The number of ether oxygens (including phenoxy) is 3. The molecule has 2 rings (SSSR count). The molecule has 2 N–H and O–H groups in total. The number of hydrogen-bond acceptors (Lipinski definition) is 5. The monoisotopic (exact) mass is 393 g/mol. The fraction of sp³-hybridized carbons (Fsp3) is 0.600. The highest BCUT2D eigenvalue weighted by molar-refractivity contribution is 5.83. The van der Waals surface area contributed by atoms with Crippen LogP contribution >= 0.6 is 0 Å². The van der Waals surface area contributed by atoms with Crippen molar-refractivity contribution in [3.8, 4) is 11.5 Å². The molecule has 8 nitrogen and oxygen atoms in total. The molecule has 0 radical (unpaired) electrons. The van der Waals surface area contributed by atoms with Crippen LogP contribution in [0.3, 0.4) is 0 Å². The van der Waals surface area contributed by atoms with Gasteiger partial charge in [-0.15, -0.1) is 0 Å². The van der Waals surface area contributed by atoms with Gasteiger partial charge in [-0.3, -0.25) is 4.79 Å². The molecule has 1 saturated heterocycles. The predicted octanol–water partition coefficient (Wildman–Crippen LogP) is 1.60. The van der Waals surface area contributed by atoms with Gasteiger partial charge in [0.2, 0.25) is 5.91 Å². The molecule has 1 heterocycles. The van der Waals surface area contributed by atoms with Crippen molar-refractivity contribution in [2.24, 2.45) is 5.92 Å². The number of nitrogens with zero attached hydrogens (tertiary/aromatic N) is 1. The zero-order valence-corrected chi connectivity index (χ0v) is 17.1. The first-order chi connectivity index (χ1) is 13.5. The smallest absolute Gasteiger partial charge is 0.317 e. The van der Waals surface area contributed by atoms with Gasteiger partial charge in [0, 0.05) is 51.4 Å². The number of rotatable bonds is 9. The average molecular weight is 393 g/mol. The van der Waals surface area contributed by atoms with Gasteiger partial charge in [0.15, 0.2) is 0 Å². The number of methoxy groups -OCH3 is 3. The zero-order chi connectivity index (χ0) is 20.5. The van der Waals surface area contributed by atoms with Gasteiger partial charge in [-0.2, -0.15) is 0 Å². The lowest BCUT2D eigenvalue weighted by molar-refractivity contribution is -0.124. The van der Waals surface area contributed by atoms with E-state index in [-0.39, 0.29) is 23.8 Å². The molecule has 1 fully saturated rings. The van der Waals surface area contributed by atoms with Crippen molar-refractivity contribution < 1.29 is 23.8 Å². The van der Waals surface area contributed by atoms with Crippen molar-refractivity contribution in [1.29, 1.82) is 0 Å². The molecule has 0 aliphatic carbocycles. The van der Waals surface area contributed by atoms with Gasteiger partial charge < -0.3 is 29.7 Å². The third kappa shape index (κ3) is 5.28. The minimum atomic E-state index is -0.369. The maximum Gasteiger partial charge on any atom is 0.317 e. The van der Waals surface area contributed by atoms with Gasteiger partial charge in [-0.25, -0.2) is 4.79 Å². The highest BCUT2D eigenvalue weighted by atomic mass is 16.5. The topological polar surface area (TPSA) is 89.1 Å². The van der Waals surface area contributed by atoms with Gasteiger partial charge in [0.05, 0.1) is 20.1 Å². The van der Waals surface area contributed by atoms with E-state index in [9.17, 15) is 9.59 Å². The van der Waals surface area contributed by atoms with Crippen LogP contribution in [0.5, 0.6) is 11.5 Å². The predicted molar refractivity (Wildman–Crippen MR) is 106 cm³/mol. The molecule has 0 bridgehead atoms. The van der Waals surface area contributed by atoms with Crippen LogP contribution in [0.4, 0.5) is 4.79 Å². The maximum atomic E-state index is 12.9. The summed E-state index contributed by atoms with van der Waals surface area (Å²) in [5.41, 5.74) is 0.866. The number of amides is 3. The zero-order valence-electron chi connectivity index (χ0n) is 17.1. The molecule has 156 valence electrons. The summed E-state index contributed by atoms with van der Waals surface area (Å²) in [5, 5.41) is 5.78. The van der Waals surface area contributed by atoms with E-state index in [0.29, 0.717) is 44.3 Å². The Labute approximate surface area is 166 Å². The molecule has 2 atom stereocenters. The van der Waals surface area contributed by atoms with Crippen molar-refractivity contribution in [2.75, 3.05) is 54.1 Å². The lowest BCUT2D eigenvalue weighted by Gasteiger charge is -2.21. The first-order valence-corrected chi connectivity index (χ1v) is 9.57. The molecular weight excluding hydrogens is 362 g/mol. The molecule has 0 saturated carbocycles. The van der Waals surface area contributed by atoms with E-state index in [1.54, 1.807) is 26.2 Å². The molecule has 0 aromatic heterocycles. The lowest BCUT2D eigenvalue weighted by atomic mass is 9.87. The Morgan fingerprint density at radius 3 is 2.57 bits per heavy atom. The Morgan fingerprint density at radius 1 is 1.14 bits per heavy atom. The van der Waals surface area contributed by atoms with E-state index >= 15 is 0 Å². The molecule has 1 aliphatic rings. The Morgan fingerprint density at radius 2 is 1.93 bits per heavy atom. The molecular formula is C20H31N3O5. The fourth-order valence-electron chi connectivity index (χ4n) is 3.50. The summed E-state index contributed by atoms with van der Waals surface area (Å²) in [4.78, 5) is 27.0. The third-order valence-corrected chi connectivity index (χ3v) is 4.93. The Hall–Kier alpha value is -2.48. The van der Waals surface area contributed by atoms with Crippen LogP contribution in [-0.2, 0) is 9.53 Å². The number of urea groups is 1. The number of carbonyl (C=O) groups is 2. The molecule has 1 aliphatic heterocycles. The lowest BCUT2D eigenvalue weighted by Crippen LogP contribution is -2.40. The number of benzene rings is 1. The summed E-state index contributed by atoms with van der Waals surface area (Å²) in [5.74, 6) is 0.742. The quantitative estimate of drug-likeness (QED) is 0.622. The van der Waals surface area contributed by atoms with Crippen LogP contribution in [0, 0.1) is 5.92 Å². The van der Waals surface area contributed by atoms with E-state index < -0.39 is 0 Å². The van der Waals surface area contributed by atoms with Crippen molar-refractivity contribution in [1.82, 2.24) is 15.5 Å². The molecule has 8 heteroatoms. The first kappa shape index (κ1) is 21.8. The van der Waals surface area contributed by atoms with Gasteiger partial charge >= 0.3 is 6.03 Å². The van der Waals surface area contributed by atoms with Crippen molar-refractivity contribution in [2.45, 2.75) is 19.3 Å². The summed E-state index contributed by atoms with van der Waals surface area (Å²) in [6.45, 7) is 4.32. The standard InChI is InChI=1S/C20H31N3O5/c1-5-21-20(25)23-12-16(15-11-14(27-3)7-8-18(15)28-4)17(13-23)19(24)22-9-6-10-26-2/h7-8,11,16-17H,5-6,9-10,12-13H2,1-4H3,(H,21,25)(H,22,24)/t16-,17+/m1/s1. The first-order valence-electron chi connectivity index (χ1n) is 9.57. The number of carbonyl (C=O) groups excluding carboxylic acids is 2. The SMILES string of the molecule is CCNC(=O)N1C[C@H](C(=O)NCCCOC)[C@@H](c2cc(OC)ccc2OC)C1. The fourth-order valence-corrected chi connectivity index (χ4v) is 3.50. The molecule has 3 amide bonds. The van der Waals surface area contributed by atoms with E-state index in [2.05, 4.69) is 10.6 Å². The van der Waals surface area contributed by atoms with Gasteiger partial charge in [0.25, 0.3) is 0 Å². The molecule has 28 heavy (non-hydrogen) atoms. The van der Waals surface area contributed by atoms with Crippen LogP contribution in [0.15, 0.2) is 18.2 Å². The van der Waals surface area contributed by atoms with Gasteiger partial charge in [-0.05, 0) is 31.5 Å². The van der Waals surface area contributed by atoms with Crippen LogP contribution in [0.25, 0.3) is 0 Å². The second-order valence-electron chi connectivity index (χ2n) is 6.70. The van der Waals surface area contributed by atoms with Gasteiger partial charge in [0.1, 0.15) is 11.5 Å². The van der Waals surface area contributed by atoms with E-state index in [4.69, 9.17) is 14.2 Å². The van der Waals surface area contributed by atoms with Gasteiger partial charge in [-0.1, -0.05) is 0 Å². The summed E-state index contributed by atoms with van der Waals surface area (Å²) in [6, 6.07) is 5.37. The third-order valence-electron chi connectivity index (χ3n) is 4.93. The minimum Gasteiger partial charge on any atom is -0.497 e. The molecule has 0 unspecified atom stereocenters. The molecule has 1 aromatic rings. The van der Waals surface area contributed by atoms with E-state index in [0.717, 1.165) is 12.0 Å². The number of likely N-dealkylation sites (tertiary alicyclic amines) is 1. The molecule has 0 spiro atoms. The number of hydrogen-bond donors (Lipinski definition) is 2. The van der Waals surface area contributed by atoms with Crippen LogP contribution < -0.4 is 20.1 Å². The normalized spacial score (nSPS) is 18.6. The summed E-state index contributed by atoms with van der Waals surface area (Å²) in [7, 11) is 4.83. The minimum absolute atomic E-state index is 0.0715. The second kappa shape index (κ2) is 10.8. The summed E-state index contributed by atoms with van der Waals surface area (Å²) < 4.78 is 15.9. The highest BCUT2D eigenvalue weighted by Gasteiger charge is 2.41. The maximum absolute atomic E-state index is 12.9. The highest BCUT2D eigenvalue weighted by Crippen LogP contribution is 2.39. The Kier molecular flexibility index (Phi) is 8.38. The summed E-state index contributed by atoms with van der Waals surface area (Å²) >= 11 is 0. The van der Waals surface area contributed by atoms with Crippen molar-refractivity contribution in [3.05, 3.63) is 23.8 Å². The largest absolute Gasteiger partial charge is 0.497 e. The van der Waals surface area contributed by atoms with E-state index in [1.807, 2.05) is 25.1 Å².